The van der Waals surface area contributed by atoms with Crippen molar-refractivity contribution in [2.75, 3.05) is 13.2 Å². The Morgan fingerprint density at radius 1 is 1.33 bits per heavy atom. The van der Waals surface area contributed by atoms with Crippen molar-refractivity contribution < 1.29 is 14.6 Å². The quantitative estimate of drug-likeness (QED) is 0.605. The summed E-state index contributed by atoms with van der Waals surface area (Å²) in [6, 6.07) is -0.447. The summed E-state index contributed by atoms with van der Waals surface area (Å²) in [4.78, 5) is 10.8. The van der Waals surface area contributed by atoms with Crippen LogP contribution in [0.4, 0.5) is 0 Å². The van der Waals surface area contributed by atoms with Gasteiger partial charge in [0, 0.05) is 12.6 Å². The first-order valence-corrected chi connectivity index (χ1v) is 5.50. The Morgan fingerprint density at radius 2 is 1.93 bits per heavy atom. The van der Waals surface area contributed by atoms with Gasteiger partial charge in [-0.2, -0.15) is 0 Å². The minimum absolute atomic E-state index is 0.153. The zero-order valence-corrected chi connectivity index (χ0v) is 10.1. The lowest BCUT2D eigenvalue weighted by Gasteiger charge is -2.17. The van der Waals surface area contributed by atoms with Crippen LogP contribution >= 0.6 is 0 Å². The van der Waals surface area contributed by atoms with E-state index in [0.29, 0.717) is 12.5 Å². The molecule has 0 aromatic rings. The molecule has 2 N–H and O–H groups in total. The monoisotopic (exact) mass is 217 g/mol. The zero-order chi connectivity index (χ0) is 11.8. The van der Waals surface area contributed by atoms with Crippen LogP contribution < -0.4 is 5.32 Å². The van der Waals surface area contributed by atoms with Gasteiger partial charge in [0.2, 0.25) is 0 Å². The lowest BCUT2D eigenvalue weighted by atomic mass is 10.1. The molecule has 4 nitrogen and oxygen atoms in total. The predicted octanol–water partition coefficient (Wildman–Crippen LogP) is 1.50. The van der Waals surface area contributed by atoms with Gasteiger partial charge in [-0.1, -0.05) is 27.7 Å². The maximum Gasteiger partial charge on any atom is 0.323 e. The highest BCUT2D eigenvalue weighted by molar-refractivity contribution is 5.73. The maximum absolute atomic E-state index is 10.8. The van der Waals surface area contributed by atoms with E-state index in [4.69, 9.17) is 9.84 Å². The second-order valence-corrected chi connectivity index (χ2v) is 4.47. The molecule has 0 bridgehead atoms. The Morgan fingerprint density at radius 3 is 2.33 bits per heavy atom. The average molecular weight is 217 g/mol. The van der Waals surface area contributed by atoms with Crippen LogP contribution in [0.5, 0.6) is 0 Å². The van der Waals surface area contributed by atoms with Gasteiger partial charge in [0.1, 0.15) is 6.04 Å². The van der Waals surface area contributed by atoms with Crippen molar-refractivity contribution in [3.63, 3.8) is 0 Å². The maximum atomic E-state index is 10.8. The van der Waals surface area contributed by atoms with Crippen molar-refractivity contribution in [1.29, 1.82) is 0 Å². The molecule has 0 aliphatic carbocycles. The SMILES string of the molecule is CC(C)CCOCC(NC(C)C)C(=O)O. The first-order chi connectivity index (χ1) is 6.93. The third-order valence-corrected chi connectivity index (χ3v) is 1.96. The number of carbonyl (C=O) groups is 1. The summed E-state index contributed by atoms with van der Waals surface area (Å²) >= 11 is 0. The van der Waals surface area contributed by atoms with Crippen LogP contribution in [0.25, 0.3) is 0 Å². The average Bonchev–Trinajstić information content (AvgIpc) is 2.08. The van der Waals surface area contributed by atoms with Gasteiger partial charge in [0.05, 0.1) is 6.61 Å². The topological polar surface area (TPSA) is 58.6 Å². The highest BCUT2D eigenvalue weighted by Gasteiger charge is 2.17. The van der Waals surface area contributed by atoms with Crippen LogP contribution in [-0.4, -0.2) is 36.4 Å². The summed E-state index contributed by atoms with van der Waals surface area (Å²) in [6.07, 6.45) is 0.966. The first kappa shape index (κ1) is 14.4. The summed E-state index contributed by atoms with van der Waals surface area (Å²) in [5.41, 5.74) is 0. The second kappa shape index (κ2) is 7.65. The van der Waals surface area contributed by atoms with Crippen molar-refractivity contribution in [3.8, 4) is 0 Å². The molecule has 0 fully saturated rings. The molecule has 1 atom stereocenters. The molecule has 0 aromatic heterocycles. The lowest BCUT2D eigenvalue weighted by molar-refractivity contribution is -0.141. The number of ether oxygens (including phenoxy) is 1. The molecule has 0 aromatic carbocycles. The fraction of sp³-hybridized carbons (Fsp3) is 0.909. The Labute approximate surface area is 92.0 Å². The Bertz CT molecular complexity index is 181. The van der Waals surface area contributed by atoms with Crippen molar-refractivity contribution >= 4 is 5.97 Å². The first-order valence-electron chi connectivity index (χ1n) is 5.50. The molecule has 0 heterocycles. The van der Waals surface area contributed by atoms with Gasteiger partial charge in [-0.25, -0.2) is 0 Å². The van der Waals surface area contributed by atoms with Crippen molar-refractivity contribution in [2.24, 2.45) is 5.92 Å². The Hall–Kier alpha value is -0.610. The van der Waals surface area contributed by atoms with Crippen LogP contribution in [-0.2, 0) is 9.53 Å². The van der Waals surface area contributed by atoms with Crippen LogP contribution in [0.3, 0.4) is 0 Å². The van der Waals surface area contributed by atoms with Gasteiger partial charge in [-0.05, 0) is 12.3 Å². The summed E-state index contributed by atoms with van der Waals surface area (Å²) < 4.78 is 5.33. The van der Waals surface area contributed by atoms with Crippen molar-refractivity contribution in [1.82, 2.24) is 5.32 Å². The summed E-state index contributed by atoms with van der Waals surface area (Å²) in [7, 11) is 0. The largest absolute Gasteiger partial charge is 0.480 e. The number of rotatable bonds is 8. The van der Waals surface area contributed by atoms with E-state index in [2.05, 4.69) is 19.2 Å². The van der Waals surface area contributed by atoms with E-state index in [1.165, 1.54) is 0 Å². The van der Waals surface area contributed by atoms with E-state index in [1.54, 1.807) is 0 Å². The van der Waals surface area contributed by atoms with E-state index in [-0.39, 0.29) is 12.6 Å². The molecule has 0 saturated heterocycles. The van der Waals surface area contributed by atoms with Crippen LogP contribution in [0.2, 0.25) is 0 Å². The molecule has 4 heteroatoms. The smallest absolute Gasteiger partial charge is 0.323 e. The fourth-order valence-electron chi connectivity index (χ4n) is 1.11. The summed E-state index contributed by atoms with van der Waals surface area (Å²) in [5, 5.41) is 11.8. The molecule has 0 rings (SSSR count). The predicted molar refractivity (Wildman–Crippen MR) is 60.0 cm³/mol. The zero-order valence-electron chi connectivity index (χ0n) is 10.1. The molecule has 0 saturated carbocycles. The summed E-state index contributed by atoms with van der Waals surface area (Å²) in [5.74, 6) is -0.264. The van der Waals surface area contributed by atoms with Crippen LogP contribution in [0.15, 0.2) is 0 Å². The van der Waals surface area contributed by atoms with E-state index >= 15 is 0 Å². The van der Waals surface area contributed by atoms with E-state index in [0.717, 1.165) is 6.42 Å². The molecule has 0 radical (unpaired) electrons. The number of nitrogens with one attached hydrogen (secondary N) is 1. The van der Waals surface area contributed by atoms with E-state index in [9.17, 15) is 4.79 Å². The van der Waals surface area contributed by atoms with E-state index < -0.39 is 12.0 Å². The molecule has 0 amide bonds. The Kier molecular flexibility index (Phi) is 7.34. The number of hydrogen-bond acceptors (Lipinski definition) is 3. The van der Waals surface area contributed by atoms with Crippen molar-refractivity contribution in [3.05, 3.63) is 0 Å². The summed E-state index contributed by atoms with van der Waals surface area (Å²) in [6.45, 7) is 8.93. The Balaban J connectivity index is 3.72. The molecule has 0 aliphatic rings. The second-order valence-electron chi connectivity index (χ2n) is 4.47. The van der Waals surface area contributed by atoms with Gasteiger partial charge in [-0.3, -0.25) is 4.79 Å². The van der Waals surface area contributed by atoms with Gasteiger partial charge in [-0.15, -0.1) is 0 Å². The highest BCUT2D eigenvalue weighted by atomic mass is 16.5. The number of hydrogen-bond donors (Lipinski definition) is 2. The molecule has 0 spiro atoms. The van der Waals surface area contributed by atoms with Crippen molar-refractivity contribution in [2.45, 2.75) is 46.2 Å². The van der Waals surface area contributed by atoms with Gasteiger partial charge >= 0.3 is 5.97 Å². The van der Waals surface area contributed by atoms with Gasteiger partial charge in [0.25, 0.3) is 0 Å². The van der Waals surface area contributed by atoms with Crippen LogP contribution in [0.1, 0.15) is 34.1 Å². The standard InChI is InChI=1S/C11H23NO3/c1-8(2)5-6-15-7-10(11(13)14)12-9(3)4/h8-10,12H,5-7H2,1-4H3,(H,13,14). The minimum atomic E-state index is -0.853. The molecule has 15 heavy (non-hydrogen) atoms. The normalized spacial score (nSPS) is 13.5. The fourth-order valence-corrected chi connectivity index (χ4v) is 1.11. The third-order valence-electron chi connectivity index (χ3n) is 1.96. The van der Waals surface area contributed by atoms with Gasteiger partial charge in [0.15, 0.2) is 0 Å². The van der Waals surface area contributed by atoms with Crippen LogP contribution in [0, 0.1) is 5.92 Å². The number of carboxylic acids is 1. The third kappa shape index (κ3) is 8.39. The molecular weight excluding hydrogens is 194 g/mol. The number of carboxylic acid groups (broad SMARTS) is 1. The molecular formula is C11H23NO3. The number of aliphatic carboxylic acids is 1. The molecule has 90 valence electrons. The molecule has 1 unspecified atom stereocenters. The minimum Gasteiger partial charge on any atom is -0.480 e. The molecule has 0 aliphatic heterocycles. The van der Waals surface area contributed by atoms with E-state index in [1.807, 2.05) is 13.8 Å². The lowest BCUT2D eigenvalue weighted by Crippen LogP contribution is -2.44. The van der Waals surface area contributed by atoms with Gasteiger partial charge < -0.3 is 15.2 Å². The highest BCUT2D eigenvalue weighted by Crippen LogP contribution is 1.99.